The van der Waals surface area contributed by atoms with Crippen LogP contribution in [0.3, 0.4) is 0 Å². The third-order valence-electron chi connectivity index (χ3n) is 10.7. The lowest BCUT2D eigenvalue weighted by Gasteiger charge is -2.66. The van der Waals surface area contributed by atoms with E-state index in [1.54, 1.807) is 12.5 Å². The quantitative estimate of drug-likeness (QED) is 0.422. The Morgan fingerprint density at radius 3 is 2.49 bits per heavy atom. The molecular formula is C29H38O8. The molecule has 4 aliphatic rings. The normalized spacial score (nSPS) is 42.2. The molecule has 3 aliphatic carbocycles. The summed E-state index contributed by atoms with van der Waals surface area (Å²) in [5, 5.41) is 0. The van der Waals surface area contributed by atoms with E-state index in [2.05, 4.69) is 6.92 Å². The highest BCUT2D eigenvalue weighted by molar-refractivity contribution is 5.91. The van der Waals surface area contributed by atoms with Crippen molar-refractivity contribution in [3.05, 3.63) is 24.2 Å². The molecule has 37 heavy (non-hydrogen) atoms. The number of carbonyl (C=O) groups is 4. The van der Waals surface area contributed by atoms with Crippen molar-refractivity contribution >= 4 is 23.7 Å². The van der Waals surface area contributed by atoms with Crippen LogP contribution >= 0.6 is 0 Å². The molecule has 2 bridgehead atoms. The van der Waals surface area contributed by atoms with E-state index in [4.69, 9.17) is 18.6 Å². The van der Waals surface area contributed by atoms with E-state index in [0.717, 1.165) is 18.4 Å². The second-order valence-electron chi connectivity index (χ2n) is 12.7. The first-order valence-corrected chi connectivity index (χ1v) is 13.4. The van der Waals surface area contributed by atoms with Crippen LogP contribution in [0.1, 0.15) is 78.4 Å². The summed E-state index contributed by atoms with van der Waals surface area (Å²) < 4.78 is 22.2. The lowest BCUT2D eigenvalue weighted by molar-refractivity contribution is -0.231. The van der Waals surface area contributed by atoms with Crippen LogP contribution in [0.2, 0.25) is 0 Å². The number of esters is 3. The molecule has 202 valence electrons. The molecule has 0 N–H and O–H groups in total. The summed E-state index contributed by atoms with van der Waals surface area (Å²) in [6.07, 6.45) is 4.63. The van der Waals surface area contributed by atoms with Gasteiger partial charge in [0.1, 0.15) is 18.0 Å². The zero-order valence-electron chi connectivity index (χ0n) is 22.6. The molecule has 9 atom stereocenters. The Labute approximate surface area is 217 Å². The van der Waals surface area contributed by atoms with E-state index in [1.165, 1.54) is 14.0 Å². The summed E-state index contributed by atoms with van der Waals surface area (Å²) in [6.45, 7) is 9.57. The summed E-state index contributed by atoms with van der Waals surface area (Å²) in [5.74, 6) is -1.84. The number of hydrogen-bond acceptors (Lipinski definition) is 8. The van der Waals surface area contributed by atoms with Gasteiger partial charge in [-0.25, -0.2) is 0 Å². The summed E-state index contributed by atoms with van der Waals surface area (Å²) in [5.41, 5.74) is -0.909. The van der Waals surface area contributed by atoms with Crippen molar-refractivity contribution in [3.8, 4) is 0 Å². The molecule has 0 radical (unpaired) electrons. The van der Waals surface area contributed by atoms with Crippen molar-refractivity contribution in [2.75, 3.05) is 7.11 Å². The highest BCUT2D eigenvalue weighted by atomic mass is 16.6. The maximum absolute atomic E-state index is 14.3. The Morgan fingerprint density at radius 2 is 1.86 bits per heavy atom. The first kappa shape index (κ1) is 26.0. The van der Waals surface area contributed by atoms with E-state index in [9.17, 15) is 19.2 Å². The van der Waals surface area contributed by atoms with Gasteiger partial charge in [-0.15, -0.1) is 0 Å². The molecular weight excluding hydrogens is 476 g/mol. The number of cyclic esters (lactones) is 1. The van der Waals surface area contributed by atoms with Crippen molar-refractivity contribution in [1.82, 2.24) is 0 Å². The van der Waals surface area contributed by atoms with Crippen LogP contribution < -0.4 is 0 Å². The predicted octanol–water partition coefficient (Wildman–Crippen LogP) is 4.66. The molecule has 1 aromatic heterocycles. The number of rotatable bonds is 4. The summed E-state index contributed by atoms with van der Waals surface area (Å²) in [6, 6.07) is 1.85. The zero-order valence-corrected chi connectivity index (χ0v) is 22.6. The van der Waals surface area contributed by atoms with E-state index in [1.807, 2.05) is 26.8 Å². The fraction of sp³-hybridized carbons (Fsp3) is 0.724. The summed E-state index contributed by atoms with van der Waals surface area (Å²) in [4.78, 5) is 52.1. The first-order valence-electron chi connectivity index (χ1n) is 13.4. The van der Waals surface area contributed by atoms with Crippen LogP contribution in [0.25, 0.3) is 0 Å². The fourth-order valence-electron chi connectivity index (χ4n) is 9.09. The van der Waals surface area contributed by atoms with Gasteiger partial charge in [0, 0.05) is 41.6 Å². The predicted molar refractivity (Wildman–Crippen MR) is 131 cm³/mol. The van der Waals surface area contributed by atoms with Crippen molar-refractivity contribution in [1.29, 1.82) is 0 Å². The maximum Gasteiger partial charge on any atom is 0.306 e. The molecule has 5 rings (SSSR count). The van der Waals surface area contributed by atoms with E-state index in [-0.39, 0.29) is 59.7 Å². The molecule has 2 heterocycles. The van der Waals surface area contributed by atoms with Gasteiger partial charge in [-0.05, 0) is 49.0 Å². The van der Waals surface area contributed by atoms with E-state index >= 15 is 0 Å². The highest BCUT2D eigenvalue weighted by Crippen LogP contribution is 2.70. The molecule has 0 amide bonds. The van der Waals surface area contributed by atoms with E-state index in [0.29, 0.717) is 6.42 Å². The number of hydrogen-bond donors (Lipinski definition) is 0. The number of furan rings is 1. The van der Waals surface area contributed by atoms with Crippen LogP contribution in [0, 0.1) is 45.8 Å². The summed E-state index contributed by atoms with van der Waals surface area (Å²) >= 11 is 0. The van der Waals surface area contributed by atoms with Gasteiger partial charge in [0.05, 0.1) is 25.6 Å². The van der Waals surface area contributed by atoms with Crippen LogP contribution in [-0.4, -0.2) is 36.9 Å². The molecule has 0 aromatic carbocycles. The lowest BCUT2D eigenvalue weighted by Crippen LogP contribution is -2.69. The van der Waals surface area contributed by atoms with Crippen LogP contribution in [-0.2, 0) is 33.4 Å². The average molecular weight is 515 g/mol. The minimum absolute atomic E-state index is 0.00238. The average Bonchev–Trinajstić information content (AvgIpc) is 3.36. The standard InChI is InChI=1S/C29H38O8/c1-15(30)36-26-18-11-17-19(29(5,24(18)33)21(27(26,2)3)13-22(31)34-6)7-9-28(4)20(17)12-23(32)37-25(28)16-8-10-35-14-16/h8,10,14,17-21,25-26H,7,9,11-13H2,1-6H3/t17?,18-,19?,20?,21-,25-,26-,28+,29?/m0/s1. The number of fused-ring (bicyclic) bond motifs is 6. The van der Waals surface area contributed by atoms with Gasteiger partial charge < -0.3 is 18.6 Å². The van der Waals surface area contributed by atoms with Crippen LogP contribution in [0.5, 0.6) is 0 Å². The molecule has 8 nitrogen and oxygen atoms in total. The molecule has 4 unspecified atom stereocenters. The van der Waals surface area contributed by atoms with Crippen LogP contribution in [0.4, 0.5) is 0 Å². The molecule has 1 aliphatic heterocycles. The maximum atomic E-state index is 14.3. The Morgan fingerprint density at radius 1 is 1.14 bits per heavy atom. The monoisotopic (exact) mass is 514 g/mol. The van der Waals surface area contributed by atoms with Crippen molar-refractivity contribution in [3.63, 3.8) is 0 Å². The number of ether oxygens (including phenoxy) is 3. The Balaban J connectivity index is 1.61. The third-order valence-corrected chi connectivity index (χ3v) is 10.7. The molecule has 4 fully saturated rings. The minimum atomic E-state index is -0.810. The van der Waals surface area contributed by atoms with Gasteiger partial charge >= 0.3 is 17.9 Å². The van der Waals surface area contributed by atoms with Crippen molar-refractivity contribution in [2.45, 2.75) is 78.9 Å². The lowest BCUT2D eigenvalue weighted by atomic mass is 9.37. The smallest absolute Gasteiger partial charge is 0.306 e. The largest absolute Gasteiger partial charge is 0.472 e. The topological polar surface area (TPSA) is 109 Å². The zero-order chi connectivity index (χ0) is 26.9. The number of Topliss-reactive ketones (excluding diaryl/α,β-unsaturated/α-hetero) is 1. The molecule has 1 aromatic rings. The van der Waals surface area contributed by atoms with Gasteiger partial charge in [-0.2, -0.15) is 0 Å². The molecule has 0 spiro atoms. The van der Waals surface area contributed by atoms with Gasteiger partial charge in [0.15, 0.2) is 0 Å². The van der Waals surface area contributed by atoms with Crippen LogP contribution in [0.15, 0.2) is 23.0 Å². The summed E-state index contributed by atoms with van der Waals surface area (Å²) in [7, 11) is 1.36. The van der Waals surface area contributed by atoms with Gasteiger partial charge in [-0.1, -0.05) is 27.7 Å². The Kier molecular flexibility index (Phi) is 6.11. The second-order valence-corrected chi connectivity index (χ2v) is 12.7. The van der Waals surface area contributed by atoms with Gasteiger partial charge in [0.2, 0.25) is 0 Å². The molecule has 1 saturated heterocycles. The third kappa shape index (κ3) is 3.68. The van der Waals surface area contributed by atoms with Gasteiger partial charge in [-0.3, -0.25) is 19.2 Å². The van der Waals surface area contributed by atoms with Crippen molar-refractivity contribution in [2.24, 2.45) is 45.8 Å². The number of ketones is 1. The number of methoxy groups -OCH3 is 1. The van der Waals surface area contributed by atoms with E-state index < -0.39 is 34.9 Å². The molecule has 3 saturated carbocycles. The fourth-order valence-corrected chi connectivity index (χ4v) is 9.09. The Bertz CT molecular complexity index is 1110. The van der Waals surface area contributed by atoms with Crippen molar-refractivity contribution < 1.29 is 37.8 Å². The van der Waals surface area contributed by atoms with Gasteiger partial charge in [0.25, 0.3) is 0 Å². The minimum Gasteiger partial charge on any atom is -0.472 e. The Hall–Kier alpha value is -2.64. The highest BCUT2D eigenvalue weighted by Gasteiger charge is 2.71. The first-order chi connectivity index (χ1) is 17.4. The number of carbonyl (C=O) groups excluding carboxylic acids is 4. The second kappa shape index (κ2) is 8.70. The SMILES string of the molecule is COC(=O)C[C@@H]1C2(C)C(=O)[C@H](CC3C2CC[C@]2(C)C3CC(=O)O[C@H]2c2ccoc2)[C@H](OC(C)=O)C1(C)C. The molecule has 8 heteroatoms.